The highest BCUT2D eigenvalue weighted by molar-refractivity contribution is 5.98. The van der Waals surface area contributed by atoms with E-state index < -0.39 is 0 Å². The van der Waals surface area contributed by atoms with Crippen molar-refractivity contribution in [2.75, 3.05) is 13.1 Å². The Balaban J connectivity index is 2.30. The molecule has 3 aliphatic rings. The Hall–Kier alpha value is -0.790. The molecule has 0 spiro atoms. The number of carbonyl (C=O) groups is 1. The zero-order chi connectivity index (χ0) is 7.84. The van der Waals surface area contributed by atoms with E-state index in [4.69, 9.17) is 0 Å². The second kappa shape index (κ2) is 2.36. The maximum absolute atomic E-state index is 11.5. The van der Waals surface area contributed by atoms with Gasteiger partial charge in [0.05, 0.1) is 5.70 Å². The Morgan fingerprint density at radius 2 is 2.09 bits per heavy atom. The third-order valence-electron chi connectivity index (χ3n) is 2.73. The summed E-state index contributed by atoms with van der Waals surface area (Å²) in [6.45, 7) is 4.14. The maximum Gasteiger partial charge on any atom is 0.181 e. The van der Waals surface area contributed by atoms with Gasteiger partial charge in [-0.3, -0.25) is 4.79 Å². The summed E-state index contributed by atoms with van der Waals surface area (Å²) < 4.78 is 0. The van der Waals surface area contributed by atoms with Gasteiger partial charge in [0, 0.05) is 19.0 Å². The van der Waals surface area contributed by atoms with Gasteiger partial charge in [0.25, 0.3) is 0 Å². The Bertz CT molecular complexity index is 212. The molecule has 0 N–H and O–H groups in total. The third kappa shape index (κ3) is 0.889. The number of fused-ring (bicyclic) bond motifs is 3. The van der Waals surface area contributed by atoms with E-state index in [1.807, 2.05) is 13.0 Å². The molecule has 3 fully saturated rings. The SMILES string of the molecule is CC=C1C(=O)C2CCN1CC2. The van der Waals surface area contributed by atoms with Crippen molar-refractivity contribution in [1.29, 1.82) is 0 Å². The van der Waals surface area contributed by atoms with Crippen LogP contribution in [-0.2, 0) is 4.79 Å². The molecule has 0 unspecified atom stereocenters. The molecule has 0 radical (unpaired) electrons. The average molecular weight is 151 g/mol. The molecule has 0 aromatic heterocycles. The number of rotatable bonds is 0. The van der Waals surface area contributed by atoms with Crippen molar-refractivity contribution >= 4 is 5.78 Å². The second-order valence-corrected chi connectivity index (χ2v) is 3.30. The molecule has 0 atom stereocenters. The van der Waals surface area contributed by atoms with Crippen LogP contribution in [0.15, 0.2) is 11.8 Å². The number of hydrogen-bond donors (Lipinski definition) is 0. The molecule has 2 nitrogen and oxygen atoms in total. The van der Waals surface area contributed by atoms with Gasteiger partial charge in [-0.2, -0.15) is 0 Å². The molecule has 3 rings (SSSR count). The fraction of sp³-hybridized carbons (Fsp3) is 0.667. The molecule has 3 aliphatic heterocycles. The van der Waals surface area contributed by atoms with E-state index in [1.54, 1.807) is 0 Å². The van der Waals surface area contributed by atoms with Crippen molar-refractivity contribution < 1.29 is 4.79 Å². The minimum Gasteiger partial charge on any atom is -0.369 e. The van der Waals surface area contributed by atoms with E-state index in [0.29, 0.717) is 11.7 Å². The summed E-state index contributed by atoms with van der Waals surface area (Å²) in [7, 11) is 0. The lowest BCUT2D eigenvalue weighted by atomic mass is 9.85. The predicted molar refractivity (Wildman–Crippen MR) is 43.1 cm³/mol. The Morgan fingerprint density at radius 1 is 1.45 bits per heavy atom. The number of nitrogens with zero attached hydrogens (tertiary/aromatic N) is 1. The van der Waals surface area contributed by atoms with E-state index in [1.165, 1.54) is 0 Å². The zero-order valence-electron chi connectivity index (χ0n) is 6.84. The summed E-state index contributed by atoms with van der Waals surface area (Å²) in [5.74, 6) is 0.733. The van der Waals surface area contributed by atoms with Crippen LogP contribution in [0, 0.1) is 5.92 Å². The Labute approximate surface area is 66.9 Å². The highest BCUT2D eigenvalue weighted by Gasteiger charge is 2.35. The quantitative estimate of drug-likeness (QED) is 0.485. The summed E-state index contributed by atoms with van der Waals surface area (Å²) in [5.41, 5.74) is 0.965. The number of Topliss-reactive ketones (excluding diaryl/α,β-unsaturated/α-hetero) is 1. The lowest BCUT2D eigenvalue weighted by molar-refractivity contribution is -0.125. The Kier molecular flexibility index (Phi) is 1.48. The number of carbonyl (C=O) groups excluding carboxylic acids is 1. The maximum atomic E-state index is 11.5. The standard InChI is InChI=1S/C9H13NO/c1-2-8-9(11)7-3-5-10(8)6-4-7/h2,7H,3-6H2,1H3. The smallest absolute Gasteiger partial charge is 0.181 e. The first-order valence-corrected chi connectivity index (χ1v) is 4.28. The number of allylic oxidation sites excluding steroid dienone is 2. The van der Waals surface area contributed by atoms with Crippen molar-refractivity contribution in [3.8, 4) is 0 Å². The van der Waals surface area contributed by atoms with E-state index >= 15 is 0 Å². The van der Waals surface area contributed by atoms with Crippen LogP contribution in [0.5, 0.6) is 0 Å². The highest BCUT2D eigenvalue weighted by atomic mass is 16.1. The molecule has 2 bridgehead atoms. The van der Waals surface area contributed by atoms with Crippen LogP contribution in [0.25, 0.3) is 0 Å². The highest BCUT2D eigenvalue weighted by Crippen LogP contribution is 2.30. The van der Waals surface area contributed by atoms with Gasteiger partial charge in [-0.15, -0.1) is 0 Å². The predicted octanol–water partition coefficient (Wildman–Crippen LogP) is 1.18. The van der Waals surface area contributed by atoms with Crippen LogP contribution < -0.4 is 0 Å². The van der Waals surface area contributed by atoms with Crippen molar-refractivity contribution in [3.63, 3.8) is 0 Å². The minimum absolute atomic E-state index is 0.353. The minimum atomic E-state index is 0.353. The van der Waals surface area contributed by atoms with E-state index in [9.17, 15) is 4.79 Å². The molecule has 11 heavy (non-hydrogen) atoms. The molecular formula is C9H13NO. The van der Waals surface area contributed by atoms with Crippen LogP contribution in [0.3, 0.4) is 0 Å². The fourth-order valence-corrected chi connectivity index (χ4v) is 2.07. The number of hydrogen-bond acceptors (Lipinski definition) is 2. The lowest BCUT2D eigenvalue weighted by Gasteiger charge is -2.40. The van der Waals surface area contributed by atoms with Gasteiger partial charge in [-0.25, -0.2) is 0 Å². The number of piperidine rings is 3. The van der Waals surface area contributed by atoms with Gasteiger partial charge in [-0.05, 0) is 19.8 Å². The van der Waals surface area contributed by atoms with E-state index in [2.05, 4.69) is 4.90 Å². The van der Waals surface area contributed by atoms with Crippen LogP contribution in [0.4, 0.5) is 0 Å². The summed E-state index contributed by atoms with van der Waals surface area (Å²) in [6.07, 6.45) is 4.11. The molecule has 3 heterocycles. The first-order valence-electron chi connectivity index (χ1n) is 4.28. The molecule has 0 aromatic rings. The van der Waals surface area contributed by atoms with Crippen molar-refractivity contribution in [2.45, 2.75) is 19.8 Å². The summed E-state index contributed by atoms with van der Waals surface area (Å²) in [5, 5.41) is 0. The third-order valence-corrected chi connectivity index (χ3v) is 2.73. The van der Waals surface area contributed by atoms with Gasteiger partial charge in [0.1, 0.15) is 0 Å². The summed E-state index contributed by atoms with van der Waals surface area (Å²) in [4.78, 5) is 13.7. The van der Waals surface area contributed by atoms with Crippen molar-refractivity contribution in [3.05, 3.63) is 11.8 Å². The normalized spacial score (nSPS) is 28.6. The zero-order valence-corrected chi connectivity index (χ0v) is 6.84. The molecule has 0 saturated carbocycles. The van der Waals surface area contributed by atoms with Crippen molar-refractivity contribution in [2.24, 2.45) is 5.92 Å². The van der Waals surface area contributed by atoms with E-state index in [-0.39, 0.29) is 0 Å². The van der Waals surface area contributed by atoms with Gasteiger partial charge in [-0.1, -0.05) is 6.08 Å². The first-order chi connectivity index (χ1) is 5.33. The Morgan fingerprint density at radius 3 is 2.45 bits per heavy atom. The lowest BCUT2D eigenvalue weighted by Crippen LogP contribution is -2.45. The fourth-order valence-electron chi connectivity index (χ4n) is 2.07. The largest absolute Gasteiger partial charge is 0.369 e. The average Bonchev–Trinajstić information content (AvgIpc) is 2.06. The van der Waals surface area contributed by atoms with Gasteiger partial charge < -0.3 is 4.90 Å². The van der Waals surface area contributed by atoms with Crippen molar-refractivity contribution in [1.82, 2.24) is 4.90 Å². The van der Waals surface area contributed by atoms with Crippen LogP contribution in [0.2, 0.25) is 0 Å². The molecule has 0 aromatic carbocycles. The van der Waals surface area contributed by atoms with Crippen LogP contribution in [-0.4, -0.2) is 23.8 Å². The van der Waals surface area contributed by atoms with Crippen LogP contribution in [0.1, 0.15) is 19.8 Å². The second-order valence-electron chi connectivity index (χ2n) is 3.30. The van der Waals surface area contributed by atoms with Gasteiger partial charge >= 0.3 is 0 Å². The summed E-state index contributed by atoms with van der Waals surface area (Å²) in [6, 6.07) is 0. The molecule has 0 aliphatic carbocycles. The molecule has 60 valence electrons. The molecular weight excluding hydrogens is 138 g/mol. The van der Waals surface area contributed by atoms with Crippen LogP contribution >= 0.6 is 0 Å². The first kappa shape index (κ1) is 6.89. The van der Waals surface area contributed by atoms with E-state index in [0.717, 1.165) is 31.6 Å². The molecule has 2 heteroatoms. The monoisotopic (exact) mass is 151 g/mol. The van der Waals surface area contributed by atoms with Gasteiger partial charge in [0.2, 0.25) is 0 Å². The number of ketones is 1. The topological polar surface area (TPSA) is 20.3 Å². The molecule has 0 amide bonds. The summed E-state index contributed by atoms with van der Waals surface area (Å²) >= 11 is 0. The molecule has 3 saturated heterocycles. The van der Waals surface area contributed by atoms with Gasteiger partial charge in [0.15, 0.2) is 5.78 Å².